The van der Waals surface area contributed by atoms with Crippen molar-refractivity contribution < 1.29 is 13.7 Å². The number of nitrogens with zero attached hydrogens (tertiary/aromatic N) is 2. The molecule has 7 heteroatoms. The van der Waals surface area contributed by atoms with Crippen LogP contribution in [-0.4, -0.2) is 23.9 Å². The van der Waals surface area contributed by atoms with Crippen molar-refractivity contribution in [2.24, 2.45) is 0 Å². The zero-order valence-corrected chi connectivity index (χ0v) is 10.3. The van der Waals surface area contributed by atoms with Gasteiger partial charge in [0.15, 0.2) is 0 Å². The Morgan fingerprint density at radius 3 is 2.65 bits per heavy atom. The van der Waals surface area contributed by atoms with Gasteiger partial charge in [0.1, 0.15) is 0 Å². The first-order valence-electron chi connectivity index (χ1n) is 4.96. The fourth-order valence-electron chi connectivity index (χ4n) is 1.80. The van der Waals surface area contributed by atoms with E-state index in [1.807, 2.05) is 0 Å². The molecular weight excluding hydrogens is 298 g/mol. The molecule has 0 amide bonds. The van der Waals surface area contributed by atoms with Gasteiger partial charge in [-0.1, -0.05) is 0 Å². The van der Waals surface area contributed by atoms with E-state index in [2.05, 4.69) is 15.9 Å². The Bertz CT molecular complexity index is 468. The minimum atomic E-state index is -2.67. The summed E-state index contributed by atoms with van der Waals surface area (Å²) in [5.74, 6) is -2.67. The summed E-state index contributed by atoms with van der Waals surface area (Å²) in [6.45, 7) is -0.0749. The van der Waals surface area contributed by atoms with Gasteiger partial charge in [-0.2, -0.15) is 0 Å². The highest BCUT2D eigenvalue weighted by molar-refractivity contribution is 9.10. The fraction of sp³-hybridized carbons (Fsp3) is 0.400. The third-order valence-corrected chi connectivity index (χ3v) is 3.30. The van der Waals surface area contributed by atoms with E-state index in [0.29, 0.717) is 10.2 Å². The molecule has 0 radical (unpaired) electrons. The van der Waals surface area contributed by atoms with E-state index in [4.69, 9.17) is 0 Å². The zero-order chi connectivity index (χ0) is 12.6. The third kappa shape index (κ3) is 2.54. The zero-order valence-electron chi connectivity index (χ0n) is 8.70. The SMILES string of the molecule is O=[N+]([O-])c1ccc(N2CCC(F)(F)C2)cc1Br. The molecule has 0 bridgehead atoms. The van der Waals surface area contributed by atoms with Crippen molar-refractivity contribution in [3.8, 4) is 0 Å². The molecule has 2 rings (SSSR count). The number of hydrogen-bond donors (Lipinski definition) is 0. The molecule has 1 aliphatic rings. The van der Waals surface area contributed by atoms with Crippen LogP contribution >= 0.6 is 15.9 Å². The van der Waals surface area contributed by atoms with Crippen molar-refractivity contribution in [2.45, 2.75) is 12.3 Å². The van der Waals surface area contributed by atoms with E-state index in [0.717, 1.165) is 0 Å². The first-order chi connectivity index (χ1) is 7.89. The van der Waals surface area contributed by atoms with Crippen molar-refractivity contribution in [1.82, 2.24) is 0 Å². The predicted molar refractivity (Wildman–Crippen MR) is 62.6 cm³/mol. The van der Waals surface area contributed by atoms with Crippen LogP contribution in [0.4, 0.5) is 20.2 Å². The molecule has 0 spiro atoms. The minimum absolute atomic E-state index is 0.0697. The summed E-state index contributed by atoms with van der Waals surface area (Å²) >= 11 is 3.07. The number of alkyl halides is 2. The van der Waals surface area contributed by atoms with E-state index in [9.17, 15) is 18.9 Å². The van der Waals surface area contributed by atoms with Crippen LogP contribution in [0.5, 0.6) is 0 Å². The second-order valence-corrected chi connectivity index (χ2v) is 4.77. The lowest BCUT2D eigenvalue weighted by molar-refractivity contribution is -0.385. The van der Waals surface area contributed by atoms with Crippen molar-refractivity contribution in [3.05, 3.63) is 32.8 Å². The molecule has 17 heavy (non-hydrogen) atoms. The van der Waals surface area contributed by atoms with Crippen molar-refractivity contribution in [2.75, 3.05) is 18.0 Å². The maximum absolute atomic E-state index is 13.0. The van der Waals surface area contributed by atoms with Crippen LogP contribution in [0.2, 0.25) is 0 Å². The van der Waals surface area contributed by atoms with Gasteiger partial charge in [-0.25, -0.2) is 8.78 Å². The number of hydrogen-bond acceptors (Lipinski definition) is 3. The average molecular weight is 307 g/mol. The highest BCUT2D eigenvalue weighted by atomic mass is 79.9. The number of nitro groups is 1. The third-order valence-electron chi connectivity index (χ3n) is 2.66. The van der Waals surface area contributed by atoms with Crippen LogP contribution in [0.15, 0.2) is 22.7 Å². The lowest BCUT2D eigenvalue weighted by Gasteiger charge is -2.18. The number of anilines is 1. The van der Waals surface area contributed by atoms with Crippen LogP contribution < -0.4 is 4.90 Å². The molecule has 1 heterocycles. The Kier molecular flexibility index (Phi) is 3.03. The normalized spacial score (nSPS) is 18.4. The van der Waals surface area contributed by atoms with Crippen LogP contribution in [0.25, 0.3) is 0 Å². The highest BCUT2D eigenvalue weighted by Gasteiger charge is 2.38. The van der Waals surface area contributed by atoms with Crippen LogP contribution in [0.3, 0.4) is 0 Å². The molecule has 1 fully saturated rings. The van der Waals surface area contributed by atoms with Gasteiger partial charge >= 0.3 is 0 Å². The molecule has 0 atom stereocenters. The molecule has 0 unspecified atom stereocenters. The second kappa shape index (κ2) is 4.21. The van der Waals surface area contributed by atoms with Crippen molar-refractivity contribution in [1.29, 1.82) is 0 Å². The molecule has 0 N–H and O–H groups in total. The van der Waals surface area contributed by atoms with E-state index in [1.165, 1.54) is 23.1 Å². The van der Waals surface area contributed by atoms with Gasteiger partial charge in [0.05, 0.1) is 15.9 Å². The largest absolute Gasteiger partial charge is 0.365 e. The van der Waals surface area contributed by atoms with E-state index >= 15 is 0 Å². The standard InChI is InChI=1S/C10H9BrF2N2O2/c11-8-5-7(1-2-9(8)15(16)17)14-4-3-10(12,13)6-14/h1-2,5H,3-4,6H2. The molecule has 0 saturated carbocycles. The van der Waals surface area contributed by atoms with E-state index in [-0.39, 0.29) is 25.2 Å². The minimum Gasteiger partial charge on any atom is -0.365 e. The molecule has 0 aliphatic carbocycles. The first-order valence-corrected chi connectivity index (χ1v) is 5.75. The topological polar surface area (TPSA) is 46.4 Å². The van der Waals surface area contributed by atoms with Gasteiger partial charge in [-0.05, 0) is 28.1 Å². The van der Waals surface area contributed by atoms with Crippen molar-refractivity contribution >= 4 is 27.3 Å². The summed E-state index contributed by atoms with van der Waals surface area (Å²) in [7, 11) is 0. The number of nitro benzene ring substituents is 1. The van der Waals surface area contributed by atoms with Crippen LogP contribution in [0, 0.1) is 10.1 Å². The lowest BCUT2D eigenvalue weighted by atomic mass is 10.2. The first kappa shape index (κ1) is 12.2. The van der Waals surface area contributed by atoms with Gasteiger partial charge in [-0.15, -0.1) is 0 Å². The van der Waals surface area contributed by atoms with Gasteiger partial charge in [-0.3, -0.25) is 10.1 Å². The molecule has 92 valence electrons. The highest BCUT2D eigenvalue weighted by Crippen LogP contribution is 2.34. The number of benzene rings is 1. The van der Waals surface area contributed by atoms with Crippen LogP contribution in [0.1, 0.15) is 6.42 Å². The summed E-state index contributed by atoms with van der Waals surface area (Å²) in [5, 5.41) is 10.6. The van der Waals surface area contributed by atoms with Crippen molar-refractivity contribution in [3.63, 3.8) is 0 Å². The molecular formula is C10H9BrF2N2O2. The Labute approximate surface area is 104 Å². The molecule has 1 saturated heterocycles. The average Bonchev–Trinajstić information content (AvgIpc) is 2.58. The summed E-state index contributed by atoms with van der Waals surface area (Å²) in [6.07, 6.45) is -0.179. The molecule has 1 aromatic rings. The quantitative estimate of drug-likeness (QED) is 0.622. The lowest BCUT2D eigenvalue weighted by Crippen LogP contribution is -2.24. The Balaban J connectivity index is 2.24. The molecule has 1 aliphatic heterocycles. The summed E-state index contributed by atoms with van der Waals surface area (Å²) in [6, 6.07) is 4.31. The monoisotopic (exact) mass is 306 g/mol. The molecule has 4 nitrogen and oxygen atoms in total. The summed E-state index contributed by atoms with van der Waals surface area (Å²) < 4.78 is 26.4. The van der Waals surface area contributed by atoms with E-state index in [1.54, 1.807) is 0 Å². The smallest absolute Gasteiger partial charge is 0.283 e. The maximum atomic E-state index is 13.0. The number of halogens is 3. The van der Waals surface area contributed by atoms with Gasteiger partial charge in [0.25, 0.3) is 11.6 Å². The van der Waals surface area contributed by atoms with Gasteiger partial charge in [0.2, 0.25) is 0 Å². The van der Waals surface area contributed by atoms with E-state index < -0.39 is 10.8 Å². The molecule has 0 aromatic heterocycles. The van der Waals surface area contributed by atoms with Gasteiger partial charge < -0.3 is 4.90 Å². The second-order valence-electron chi connectivity index (χ2n) is 3.92. The van der Waals surface area contributed by atoms with Crippen LogP contribution in [-0.2, 0) is 0 Å². The summed E-state index contributed by atoms with van der Waals surface area (Å²) in [4.78, 5) is 11.6. The Morgan fingerprint density at radius 1 is 1.47 bits per heavy atom. The predicted octanol–water partition coefficient (Wildman–Crippen LogP) is 3.20. The maximum Gasteiger partial charge on any atom is 0.283 e. The van der Waals surface area contributed by atoms with Gasteiger partial charge in [0, 0.05) is 24.7 Å². The molecule has 1 aromatic carbocycles. The number of rotatable bonds is 2. The Morgan fingerprint density at radius 2 is 2.18 bits per heavy atom. The Hall–Kier alpha value is -1.24. The fourth-order valence-corrected chi connectivity index (χ4v) is 2.31. The summed E-state index contributed by atoms with van der Waals surface area (Å²) in [5.41, 5.74) is 0.499.